The lowest BCUT2D eigenvalue weighted by Gasteiger charge is -2.08. The lowest BCUT2D eigenvalue weighted by Crippen LogP contribution is -1.91. The van der Waals surface area contributed by atoms with E-state index in [1.54, 1.807) is 7.11 Å². The summed E-state index contributed by atoms with van der Waals surface area (Å²) in [4.78, 5) is 0. The standard InChI is InChI=1S/C11H15O/c1-12-10-6-5-9-11-7-3-2-4-8-11/h2,7H,3-4,8-10H2,1H3. The van der Waals surface area contributed by atoms with E-state index in [1.165, 1.54) is 18.4 Å². The Labute approximate surface area is 74.8 Å². The molecule has 0 aromatic rings. The molecule has 1 heteroatoms. The molecule has 0 atom stereocenters. The Balaban J connectivity index is 2.22. The van der Waals surface area contributed by atoms with E-state index in [4.69, 9.17) is 4.74 Å². The molecule has 0 aliphatic heterocycles. The smallest absolute Gasteiger partial charge is 0.107 e. The van der Waals surface area contributed by atoms with Crippen LogP contribution in [-0.4, -0.2) is 13.7 Å². The first-order valence-electron chi connectivity index (χ1n) is 4.37. The van der Waals surface area contributed by atoms with Gasteiger partial charge in [0, 0.05) is 13.5 Å². The molecule has 1 aliphatic rings. The zero-order chi connectivity index (χ0) is 8.65. The Kier molecular flexibility index (Phi) is 4.56. The van der Waals surface area contributed by atoms with Crippen molar-refractivity contribution in [2.24, 2.45) is 0 Å². The number of hydrogen-bond donors (Lipinski definition) is 0. The van der Waals surface area contributed by atoms with Crippen LogP contribution in [0.5, 0.6) is 0 Å². The third-order valence-corrected chi connectivity index (χ3v) is 1.90. The second-order valence-electron chi connectivity index (χ2n) is 2.89. The van der Waals surface area contributed by atoms with Crippen molar-refractivity contribution in [1.82, 2.24) is 0 Å². The van der Waals surface area contributed by atoms with E-state index < -0.39 is 0 Å². The molecule has 1 radical (unpaired) electrons. The molecule has 1 rings (SSSR count). The van der Waals surface area contributed by atoms with Crippen molar-refractivity contribution in [1.29, 1.82) is 0 Å². The lowest BCUT2D eigenvalue weighted by atomic mass is 9.97. The fourth-order valence-electron chi connectivity index (χ4n) is 1.22. The first-order chi connectivity index (χ1) is 5.93. The maximum atomic E-state index is 4.83. The van der Waals surface area contributed by atoms with Gasteiger partial charge in [0.2, 0.25) is 0 Å². The van der Waals surface area contributed by atoms with E-state index in [9.17, 15) is 0 Å². The molecule has 1 aliphatic carbocycles. The Hall–Kier alpha value is -0.740. The monoisotopic (exact) mass is 163 g/mol. The van der Waals surface area contributed by atoms with Crippen LogP contribution in [-0.2, 0) is 4.74 Å². The molecule has 0 aromatic carbocycles. The van der Waals surface area contributed by atoms with Crippen LogP contribution < -0.4 is 0 Å². The van der Waals surface area contributed by atoms with Gasteiger partial charge in [-0.25, -0.2) is 0 Å². The molecular weight excluding hydrogens is 148 g/mol. The van der Waals surface area contributed by atoms with Crippen molar-refractivity contribution in [2.75, 3.05) is 13.7 Å². The summed E-state index contributed by atoms with van der Waals surface area (Å²) in [5, 5.41) is 0. The first-order valence-corrected chi connectivity index (χ1v) is 4.37. The number of allylic oxidation sites excluding steroid dienone is 2. The fourth-order valence-corrected chi connectivity index (χ4v) is 1.22. The van der Waals surface area contributed by atoms with Crippen LogP contribution >= 0.6 is 0 Å². The highest BCUT2D eigenvalue weighted by Gasteiger charge is 2.00. The molecule has 65 valence electrons. The summed E-state index contributed by atoms with van der Waals surface area (Å²) < 4.78 is 4.83. The second kappa shape index (κ2) is 5.85. The Morgan fingerprint density at radius 1 is 1.50 bits per heavy atom. The average molecular weight is 163 g/mol. The predicted molar refractivity (Wildman–Crippen MR) is 50.5 cm³/mol. The van der Waals surface area contributed by atoms with Crippen molar-refractivity contribution < 1.29 is 4.74 Å². The average Bonchev–Trinajstić information content (AvgIpc) is 2.14. The molecule has 12 heavy (non-hydrogen) atoms. The van der Waals surface area contributed by atoms with Crippen LogP contribution in [0.25, 0.3) is 0 Å². The number of hydrogen-bond acceptors (Lipinski definition) is 1. The molecular formula is C11H15O. The van der Waals surface area contributed by atoms with E-state index >= 15 is 0 Å². The lowest BCUT2D eigenvalue weighted by molar-refractivity contribution is 0.239. The molecule has 1 nitrogen and oxygen atoms in total. The summed E-state index contributed by atoms with van der Waals surface area (Å²) in [6, 6.07) is 0. The SMILES string of the molecule is COCC#CCC1=CC[CH]CC1. The summed E-state index contributed by atoms with van der Waals surface area (Å²) in [6.07, 6.45) is 9.06. The van der Waals surface area contributed by atoms with Crippen molar-refractivity contribution >= 4 is 0 Å². The van der Waals surface area contributed by atoms with Crippen molar-refractivity contribution in [3.05, 3.63) is 18.1 Å². The summed E-state index contributed by atoms with van der Waals surface area (Å²) in [6.45, 7) is 0.555. The van der Waals surface area contributed by atoms with Crippen LogP contribution in [0.4, 0.5) is 0 Å². The van der Waals surface area contributed by atoms with Gasteiger partial charge in [-0.1, -0.05) is 23.5 Å². The van der Waals surface area contributed by atoms with Gasteiger partial charge in [-0.15, -0.1) is 0 Å². The van der Waals surface area contributed by atoms with E-state index in [2.05, 4.69) is 24.3 Å². The van der Waals surface area contributed by atoms with Gasteiger partial charge in [0.25, 0.3) is 0 Å². The van der Waals surface area contributed by atoms with Crippen LogP contribution in [0.15, 0.2) is 11.6 Å². The summed E-state index contributed by atoms with van der Waals surface area (Å²) >= 11 is 0. The minimum atomic E-state index is 0.555. The summed E-state index contributed by atoms with van der Waals surface area (Å²) in [5.41, 5.74) is 1.49. The van der Waals surface area contributed by atoms with Crippen molar-refractivity contribution in [2.45, 2.75) is 25.7 Å². The van der Waals surface area contributed by atoms with Gasteiger partial charge in [-0.05, 0) is 25.7 Å². The number of methoxy groups -OCH3 is 1. The van der Waals surface area contributed by atoms with Gasteiger partial charge in [-0.3, -0.25) is 0 Å². The van der Waals surface area contributed by atoms with Gasteiger partial charge >= 0.3 is 0 Å². The molecule has 0 N–H and O–H groups in total. The fraction of sp³-hybridized carbons (Fsp3) is 0.545. The predicted octanol–water partition coefficient (Wildman–Crippen LogP) is 2.34. The van der Waals surface area contributed by atoms with Gasteiger partial charge < -0.3 is 4.74 Å². The molecule has 0 fully saturated rings. The summed E-state index contributed by atoms with van der Waals surface area (Å²) in [7, 11) is 1.67. The maximum Gasteiger partial charge on any atom is 0.107 e. The van der Waals surface area contributed by atoms with E-state index in [0.717, 1.165) is 12.8 Å². The highest BCUT2D eigenvalue weighted by molar-refractivity contribution is 5.17. The largest absolute Gasteiger partial charge is 0.372 e. The van der Waals surface area contributed by atoms with E-state index in [0.29, 0.717) is 6.61 Å². The molecule has 0 heterocycles. The molecule has 0 saturated heterocycles. The third-order valence-electron chi connectivity index (χ3n) is 1.90. The zero-order valence-electron chi connectivity index (χ0n) is 7.60. The molecule has 0 spiro atoms. The van der Waals surface area contributed by atoms with Gasteiger partial charge in [0.05, 0.1) is 0 Å². The molecule has 0 amide bonds. The Bertz CT molecular complexity index is 205. The summed E-state index contributed by atoms with van der Waals surface area (Å²) in [5.74, 6) is 6.06. The quantitative estimate of drug-likeness (QED) is 0.448. The van der Waals surface area contributed by atoms with E-state index in [1.807, 2.05) is 0 Å². The molecule has 0 saturated carbocycles. The third kappa shape index (κ3) is 3.59. The normalized spacial score (nSPS) is 16.2. The minimum Gasteiger partial charge on any atom is -0.372 e. The van der Waals surface area contributed by atoms with Crippen LogP contribution in [0.1, 0.15) is 25.7 Å². The highest BCUT2D eigenvalue weighted by Crippen LogP contribution is 2.18. The number of rotatable bonds is 2. The van der Waals surface area contributed by atoms with E-state index in [-0.39, 0.29) is 0 Å². The second-order valence-corrected chi connectivity index (χ2v) is 2.89. The molecule has 0 unspecified atom stereocenters. The van der Waals surface area contributed by atoms with Crippen LogP contribution in [0, 0.1) is 18.3 Å². The molecule has 0 aromatic heterocycles. The number of ether oxygens (including phenoxy) is 1. The van der Waals surface area contributed by atoms with Gasteiger partial charge in [0.1, 0.15) is 6.61 Å². The zero-order valence-corrected chi connectivity index (χ0v) is 7.60. The molecule has 0 bridgehead atoms. The van der Waals surface area contributed by atoms with Crippen LogP contribution in [0.3, 0.4) is 0 Å². The maximum absolute atomic E-state index is 4.83. The Morgan fingerprint density at radius 2 is 2.42 bits per heavy atom. The topological polar surface area (TPSA) is 9.23 Å². The first kappa shape index (κ1) is 9.35. The highest BCUT2D eigenvalue weighted by atomic mass is 16.5. The Morgan fingerprint density at radius 3 is 3.08 bits per heavy atom. The minimum absolute atomic E-state index is 0.555. The van der Waals surface area contributed by atoms with Crippen molar-refractivity contribution in [3.8, 4) is 11.8 Å². The van der Waals surface area contributed by atoms with Gasteiger partial charge in [0.15, 0.2) is 0 Å². The van der Waals surface area contributed by atoms with Crippen molar-refractivity contribution in [3.63, 3.8) is 0 Å². The van der Waals surface area contributed by atoms with Gasteiger partial charge in [-0.2, -0.15) is 0 Å². The van der Waals surface area contributed by atoms with Crippen LogP contribution in [0.2, 0.25) is 0 Å².